The number of fused-ring (bicyclic) bond motifs is 3. The Morgan fingerprint density at radius 1 is 1.27 bits per heavy atom. The van der Waals surface area contributed by atoms with E-state index in [1.54, 1.807) is 12.4 Å². The van der Waals surface area contributed by atoms with E-state index in [1.807, 2.05) is 19.1 Å². The highest BCUT2D eigenvalue weighted by Crippen LogP contribution is 2.36. The van der Waals surface area contributed by atoms with Crippen molar-refractivity contribution in [2.75, 3.05) is 0 Å². The highest BCUT2D eigenvalue weighted by atomic mass is 16.5. The van der Waals surface area contributed by atoms with Crippen LogP contribution in [0, 0.1) is 0 Å². The zero-order chi connectivity index (χ0) is 21.3. The van der Waals surface area contributed by atoms with Crippen molar-refractivity contribution in [2.24, 2.45) is 0 Å². The van der Waals surface area contributed by atoms with Crippen LogP contribution < -0.4 is 5.56 Å². The van der Waals surface area contributed by atoms with Gasteiger partial charge in [0, 0.05) is 30.2 Å². The summed E-state index contributed by atoms with van der Waals surface area (Å²) in [4.78, 5) is 35.0. The summed E-state index contributed by atoms with van der Waals surface area (Å²) in [6.07, 6.45) is 5.25. The molecule has 0 aliphatic heterocycles. The molecule has 1 aliphatic carbocycles. The zero-order valence-corrected chi connectivity index (χ0v) is 16.5. The maximum atomic E-state index is 12.3. The molecule has 0 amide bonds. The molecule has 1 aliphatic rings. The first-order chi connectivity index (χ1) is 14.5. The van der Waals surface area contributed by atoms with E-state index in [0.29, 0.717) is 55.2 Å². The standard InChI is InChI=1S/C21H22N4O5/c1-2-25-14-5-3-4-13-17(24-20(27)16(19(13)26)21(28)29)18(14)23-15(25)11-30-10-12-6-8-22-9-7-12/h6-9H,2-5,10-11H2,1H3,(H,28,29)(H2,24,26,27). The number of rotatable bonds is 6. The largest absolute Gasteiger partial charge is 0.506 e. The predicted octanol–water partition coefficient (Wildman–Crippen LogP) is 2.26. The third kappa shape index (κ3) is 3.48. The Labute approximate surface area is 172 Å². The number of hydrogen-bond acceptors (Lipinski definition) is 6. The Kier molecular flexibility index (Phi) is 5.37. The van der Waals surface area contributed by atoms with Crippen molar-refractivity contribution in [1.82, 2.24) is 19.5 Å². The molecule has 0 saturated heterocycles. The number of aromatic nitrogens is 4. The molecule has 156 valence electrons. The summed E-state index contributed by atoms with van der Waals surface area (Å²) in [5.74, 6) is -1.21. The van der Waals surface area contributed by atoms with Crippen LogP contribution in [0.3, 0.4) is 0 Å². The quantitative estimate of drug-likeness (QED) is 0.568. The molecule has 0 aromatic carbocycles. The molecule has 0 spiro atoms. The van der Waals surface area contributed by atoms with Crippen LogP contribution >= 0.6 is 0 Å². The molecular weight excluding hydrogens is 388 g/mol. The minimum Gasteiger partial charge on any atom is -0.506 e. The van der Waals surface area contributed by atoms with E-state index in [-0.39, 0.29) is 6.61 Å². The fourth-order valence-corrected chi connectivity index (χ4v) is 3.92. The zero-order valence-electron chi connectivity index (χ0n) is 16.5. The number of ether oxygens (including phenoxy) is 1. The van der Waals surface area contributed by atoms with E-state index >= 15 is 0 Å². The number of nitrogens with zero attached hydrogens (tertiary/aromatic N) is 3. The third-order valence-electron chi connectivity index (χ3n) is 5.30. The third-order valence-corrected chi connectivity index (χ3v) is 5.30. The van der Waals surface area contributed by atoms with Gasteiger partial charge < -0.3 is 24.5 Å². The molecule has 3 N–H and O–H groups in total. The van der Waals surface area contributed by atoms with Gasteiger partial charge in [-0.15, -0.1) is 0 Å². The van der Waals surface area contributed by atoms with Crippen LogP contribution in [0.4, 0.5) is 0 Å². The van der Waals surface area contributed by atoms with Gasteiger partial charge in [0.1, 0.15) is 23.9 Å². The smallest absolute Gasteiger partial charge is 0.345 e. The maximum Gasteiger partial charge on any atom is 0.345 e. The van der Waals surface area contributed by atoms with E-state index in [0.717, 1.165) is 11.3 Å². The molecule has 0 bridgehead atoms. The van der Waals surface area contributed by atoms with Gasteiger partial charge in [0.05, 0.1) is 12.3 Å². The van der Waals surface area contributed by atoms with E-state index in [1.165, 1.54) is 0 Å². The second kappa shape index (κ2) is 8.11. The van der Waals surface area contributed by atoms with Crippen molar-refractivity contribution in [2.45, 2.75) is 45.9 Å². The molecule has 3 aromatic rings. The predicted molar refractivity (Wildman–Crippen MR) is 107 cm³/mol. The number of carbonyl (C=O) groups is 1. The summed E-state index contributed by atoms with van der Waals surface area (Å²) in [7, 11) is 0. The van der Waals surface area contributed by atoms with Crippen molar-refractivity contribution in [3.8, 4) is 17.1 Å². The molecule has 0 radical (unpaired) electrons. The lowest BCUT2D eigenvalue weighted by Gasteiger charge is -2.10. The molecule has 3 heterocycles. The molecular formula is C21H22N4O5. The highest BCUT2D eigenvalue weighted by Gasteiger charge is 2.28. The fourth-order valence-electron chi connectivity index (χ4n) is 3.92. The van der Waals surface area contributed by atoms with Crippen LogP contribution in [-0.2, 0) is 37.3 Å². The van der Waals surface area contributed by atoms with Crippen LogP contribution in [0.5, 0.6) is 5.75 Å². The number of hydrogen-bond donors (Lipinski definition) is 3. The molecule has 9 heteroatoms. The number of carboxylic acid groups (broad SMARTS) is 1. The minimum absolute atomic E-state index is 0.280. The van der Waals surface area contributed by atoms with Gasteiger partial charge in [0.2, 0.25) is 0 Å². The molecule has 30 heavy (non-hydrogen) atoms. The number of aromatic amines is 1. The molecule has 3 aromatic heterocycles. The SMILES string of the molecule is CCn1c(COCc2ccncc2)nc2c1CCCc1c-2[nH]c(=O)c(C(=O)O)c1O. The second-order valence-electron chi connectivity index (χ2n) is 7.11. The summed E-state index contributed by atoms with van der Waals surface area (Å²) in [5, 5.41) is 19.7. The lowest BCUT2D eigenvalue weighted by atomic mass is 10.0. The first kappa shape index (κ1) is 19.8. The Bertz CT molecular complexity index is 1150. The molecule has 0 fully saturated rings. The van der Waals surface area contributed by atoms with Crippen molar-refractivity contribution in [3.05, 3.63) is 63.1 Å². The van der Waals surface area contributed by atoms with Crippen LogP contribution in [0.2, 0.25) is 0 Å². The number of nitrogens with one attached hydrogen (secondary N) is 1. The van der Waals surface area contributed by atoms with E-state index < -0.39 is 22.8 Å². The minimum atomic E-state index is -1.45. The number of aromatic carboxylic acids is 1. The topological polar surface area (TPSA) is 130 Å². The van der Waals surface area contributed by atoms with Gasteiger partial charge in [-0.2, -0.15) is 0 Å². The van der Waals surface area contributed by atoms with E-state index in [4.69, 9.17) is 9.72 Å². The van der Waals surface area contributed by atoms with Crippen molar-refractivity contribution >= 4 is 5.97 Å². The highest BCUT2D eigenvalue weighted by molar-refractivity contribution is 5.92. The lowest BCUT2D eigenvalue weighted by Crippen LogP contribution is -2.20. The average Bonchev–Trinajstić information content (AvgIpc) is 2.97. The van der Waals surface area contributed by atoms with Crippen molar-refractivity contribution in [3.63, 3.8) is 0 Å². The first-order valence-corrected chi connectivity index (χ1v) is 9.78. The maximum absolute atomic E-state index is 12.3. The molecule has 9 nitrogen and oxygen atoms in total. The van der Waals surface area contributed by atoms with Gasteiger partial charge >= 0.3 is 5.97 Å². The number of carboxylic acids is 1. The normalized spacial score (nSPS) is 12.8. The van der Waals surface area contributed by atoms with Gasteiger partial charge in [-0.05, 0) is 43.9 Å². The Balaban J connectivity index is 1.72. The van der Waals surface area contributed by atoms with Crippen LogP contribution in [0.1, 0.15) is 46.3 Å². The van der Waals surface area contributed by atoms with E-state index in [9.17, 15) is 19.8 Å². The van der Waals surface area contributed by atoms with Gasteiger partial charge in [-0.25, -0.2) is 9.78 Å². The summed E-state index contributed by atoms with van der Waals surface area (Å²) >= 11 is 0. The van der Waals surface area contributed by atoms with Gasteiger partial charge in [0.15, 0.2) is 5.56 Å². The number of H-pyrrole nitrogens is 1. The summed E-state index contributed by atoms with van der Waals surface area (Å²) in [5.41, 5.74) is 1.84. The van der Waals surface area contributed by atoms with Gasteiger partial charge in [-0.1, -0.05) is 0 Å². The fraction of sp³-hybridized carbons (Fsp3) is 0.333. The number of aromatic hydroxyl groups is 1. The van der Waals surface area contributed by atoms with Crippen LogP contribution in [0.15, 0.2) is 29.3 Å². The summed E-state index contributed by atoms with van der Waals surface area (Å²) in [6, 6.07) is 3.76. The second-order valence-corrected chi connectivity index (χ2v) is 7.11. The van der Waals surface area contributed by atoms with E-state index in [2.05, 4.69) is 14.5 Å². The Morgan fingerprint density at radius 3 is 2.73 bits per heavy atom. The van der Waals surface area contributed by atoms with Crippen LogP contribution in [-0.4, -0.2) is 35.7 Å². The molecule has 0 unspecified atom stereocenters. The Hall–Kier alpha value is -3.46. The summed E-state index contributed by atoms with van der Waals surface area (Å²) in [6.45, 7) is 3.38. The monoisotopic (exact) mass is 410 g/mol. The molecule has 0 saturated carbocycles. The number of pyridine rings is 2. The van der Waals surface area contributed by atoms with Crippen molar-refractivity contribution < 1.29 is 19.7 Å². The first-order valence-electron chi connectivity index (χ1n) is 9.78. The summed E-state index contributed by atoms with van der Waals surface area (Å²) < 4.78 is 7.89. The number of imidazole rings is 1. The van der Waals surface area contributed by atoms with Crippen molar-refractivity contribution in [1.29, 1.82) is 0 Å². The Morgan fingerprint density at radius 2 is 2.03 bits per heavy atom. The molecule has 4 rings (SSSR count). The lowest BCUT2D eigenvalue weighted by molar-refractivity contribution is 0.0691. The van der Waals surface area contributed by atoms with Crippen LogP contribution in [0.25, 0.3) is 11.4 Å². The van der Waals surface area contributed by atoms with Gasteiger partial charge in [-0.3, -0.25) is 9.78 Å². The van der Waals surface area contributed by atoms with Gasteiger partial charge in [0.25, 0.3) is 5.56 Å². The molecule has 0 atom stereocenters. The average molecular weight is 410 g/mol.